The van der Waals surface area contributed by atoms with Gasteiger partial charge >= 0.3 is 0 Å². The van der Waals surface area contributed by atoms with Crippen LogP contribution in [0.15, 0.2) is 61.2 Å². The summed E-state index contributed by atoms with van der Waals surface area (Å²) in [5, 5.41) is 24.3. The van der Waals surface area contributed by atoms with Crippen LogP contribution in [0.1, 0.15) is 27.2 Å². The van der Waals surface area contributed by atoms with Crippen molar-refractivity contribution in [2.24, 2.45) is 14.1 Å². The Labute approximate surface area is 213 Å². The molecule has 0 aliphatic carbocycles. The first-order valence-corrected chi connectivity index (χ1v) is 11.9. The van der Waals surface area contributed by atoms with Crippen molar-refractivity contribution in [1.82, 2.24) is 29.1 Å². The molecule has 0 saturated carbocycles. The molecule has 0 aliphatic rings. The summed E-state index contributed by atoms with van der Waals surface area (Å²) in [6.07, 6.45) is 5.95. The van der Waals surface area contributed by atoms with Gasteiger partial charge in [-0.2, -0.15) is 10.2 Å². The molecule has 0 bridgehead atoms. The van der Waals surface area contributed by atoms with Gasteiger partial charge in [0.15, 0.2) is 0 Å². The third-order valence-electron chi connectivity index (χ3n) is 5.75. The van der Waals surface area contributed by atoms with Gasteiger partial charge in [0.05, 0.1) is 39.4 Å². The zero-order valence-electron chi connectivity index (χ0n) is 20.8. The summed E-state index contributed by atoms with van der Waals surface area (Å²) in [5.41, 5.74) is 4.47. The predicted octanol–water partition coefficient (Wildman–Crippen LogP) is 5.50. The van der Waals surface area contributed by atoms with Crippen LogP contribution < -0.4 is 5.32 Å². The molecule has 4 heterocycles. The van der Waals surface area contributed by atoms with E-state index in [1.807, 2.05) is 77.5 Å². The summed E-state index contributed by atoms with van der Waals surface area (Å²) in [7, 11) is 3.74. The van der Waals surface area contributed by atoms with Crippen LogP contribution in [0.4, 0.5) is 11.5 Å². The molecule has 36 heavy (non-hydrogen) atoms. The highest BCUT2D eigenvalue weighted by molar-refractivity contribution is 6.33. The number of halogens is 1. The first kappa shape index (κ1) is 24.1. The van der Waals surface area contributed by atoms with E-state index < -0.39 is 12.0 Å². The van der Waals surface area contributed by atoms with Crippen molar-refractivity contribution >= 4 is 34.0 Å². The van der Waals surface area contributed by atoms with Gasteiger partial charge in [-0.1, -0.05) is 17.7 Å². The molecule has 1 aromatic carbocycles. The lowest BCUT2D eigenvalue weighted by Crippen LogP contribution is -2.26. The first-order chi connectivity index (χ1) is 17.1. The molecule has 0 fully saturated rings. The highest BCUT2D eigenvalue weighted by Crippen LogP contribution is 2.35. The van der Waals surface area contributed by atoms with Gasteiger partial charge in [-0.15, -0.1) is 0 Å². The number of aromatic nitrogens is 6. The van der Waals surface area contributed by atoms with Gasteiger partial charge < -0.3 is 15.2 Å². The van der Waals surface area contributed by atoms with Crippen LogP contribution in [-0.2, 0) is 18.8 Å². The van der Waals surface area contributed by atoms with Crippen molar-refractivity contribution in [2.45, 2.75) is 32.8 Å². The van der Waals surface area contributed by atoms with E-state index in [-0.39, 0.29) is 0 Å². The molecule has 9 nitrogen and oxygen atoms in total. The molecule has 0 amide bonds. The highest BCUT2D eigenvalue weighted by atomic mass is 35.5. The van der Waals surface area contributed by atoms with Gasteiger partial charge in [-0.25, -0.2) is 4.98 Å². The molecule has 0 spiro atoms. The van der Waals surface area contributed by atoms with Gasteiger partial charge in [0.2, 0.25) is 6.41 Å². The Morgan fingerprint density at radius 1 is 1.00 bits per heavy atom. The third-order valence-corrected chi connectivity index (χ3v) is 6.06. The molecule has 5 aromatic rings. The quantitative estimate of drug-likeness (QED) is 0.296. The maximum Gasteiger partial charge on any atom is 0.242 e. The van der Waals surface area contributed by atoms with E-state index in [0.29, 0.717) is 16.5 Å². The summed E-state index contributed by atoms with van der Waals surface area (Å²) in [6.45, 7) is 5.70. The Balaban J connectivity index is 1.54. The molecule has 10 heteroatoms. The largest absolute Gasteiger partial charge is 0.351 e. The number of aliphatic hydroxyl groups is 1. The van der Waals surface area contributed by atoms with Gasteiger partial charge in [0.1, 0.15) is 5.82 Å². The van der Waals surface area contributed by atoms with E-state index in [9.17, 15) is 5.11 Å². The number of ether oxygens (including phenoxy) is 1. The van der Waals surface area contributed by atoms with Gasteiger partial charge in [0, 0.05) is 55.3 Å². The second-order valence-corrected chi connectivity index (χ2v) is 10.1. The number of aliphatic hydroxyl groups excluding tert-OH is 1. The molecule has 0 saturated heterocycles. The molecule has 1 atom stereocenters. The monoisotopic (exact) mass is 505 g/mol. The van der Waals surface area contributed by atoms with Crippen LogP contribution in [-0.4, -0.2) is 39.8 Å². The predicted molar refractivity (Wildman–Crippen MR) is 141 cm³/mol. The van der Waals surface area contributed by atoms with Gasteiger partial charge in [-0.3, -0.25) is 13.9 Å². The van der Waals surface area contributed by atoms with Crippen LogP contribution >= 0.6 is 11.6 Å². The molecule has 5 rings (SSSR count). The first-order valence-electron chi connectivity index (χ1n) is 11.5. The van der Waals surface area contributed by atoms with E-state index in [2.05, 4.69) is 20.5 Å². The molecule has 186 valence electrons. The Bertz CT molecular complexity index is 1540. The molecule has 0 radical (unpaired) electrons. The lowest BCUT2D eigenvalue weighted by atomic mass is 10.1. The van der Waals surface area contributed by atoms with Crippen molar-refractivity contribution in [3.05, 3.63) is 66.2 Å². The van der Waals surface area contributed by atoms with E-state index >= 15 is 0 Å². The topological polar surface area (TPSA) is 95.0 Å². The standard InChI is InChI=1S/C26H28ClN7O2/c1-26(2,3)36-25(35)34-22(18-14-30-32(4)15-18)11-17-13-28-24(12-23(17)34)31-20-7-6-16(10-19(20)27)21-8-9-29-33(21)5/h6-15,25,35H,1-5H3,(H,28,31). The minimum Gasteiger partial charge on any atom is -0.351 e. The Kier molecular flexibility index (Phi) is 6.07. The number of fused-ring (bicyclic) bond motifs is 1. The number of nitrogens with zero attached hydrogens (tertiary/aromatic N) is 6. The summed E-state index contributed by atoms with van der Waals surface area (Å²) in [4.78, 5) is 4.58. The van der Waals surface area contributed by atoms with Crippen molar-refractivity contribution in [3.8, 4) is 22.5 Å². The smallest absolute Gasteiger partial charge is 0.242 e. The Morgan fingerprint density at radius 2 is 1.81 bits per heavy atom. The minimum absolute atomic E-state index is 0.554. The van der Waals surface area contributed by atoms with Crippen molar-refractivity contribution in [1.29, 1.82) is 0 Å². The van der Waals surface area contributed by atoms with Crippen molar-refractivity contribution in [2.75, 3.05) is 5.32 Å². The summed E-state index contributed by atoms with van der Waals surface area (Å²) in [5.74, 6) is 0.581. The highest BCUT2D eigenvalue weighted by Gasteiger charge is 2.24. The fraction of sp³-hybridized carbons (Fsp3) is 0.269. The summed E-state index contributed by atoms with van der Waals surface area (Å²) in [6, 6.07) is 11.6. The number of rotatable bonds is 6. The average molecular weight is 506 g/mol. The zero-order chi connectivity index (χ0) is 25.6. The number of hydrogen-bond donors (Lipinski definition) is 2. The molecule has 1 unspecified atom stereocenters. The number of anilines is 2. The SMILES string of the molecule is Cn1cc(-c2cc3cnc(Nc4ccc(-c5ccnn5C)cc4Cl)cc3n2C(O)OC(C)(C)C)cn1. The number of benzene rings is 1. The van der Waals surface area contributed by atoms with Crippen LogP contribution in [0.2, 0.25) is 5.02 Å². The fourth-order valence-electron chi connectivity index (χ4n) is 4.14. The zero-order valence-corrected chi connectivity index (χ0v) is 21.5. The van der Waals surface area contributed by atoms with E-state index in [4.69, 9.17) is 16.3 Å². The average Bonchev–Trinajstić information content (AvgIpc) is 3.51. The third kappa shape index (κ3) is 4.73. The maximum absolute atomic E-state index is 11.1. The number of nitrogens with one attached hydrogen (secondary N) is 1. The van der Waals surface area contributed by atoms with Crippen LogP contribution in [0.3, 0.4) is 0 Å². The lowest BCUT2D eigenvalue weighted by molar-refractivity contribution is -0.207. The second-order valence-electron chi connectivity index (χ2n) is 9.65. The molecule has 4 aromatic heterocycles. The van der Waals surface area contributed by atoms with E-state index in [1.165, 1.54) is 0 Å². The summed E-state index contributed by atoms with van der Waals surface area (Å²) < 4.78 is 11.2. The maximum atomic E-state index is 11.1. The van der Waals surface area contributed by atoms with E-state index in [0.717, 1.165) is 33.4 Å². The van der Waals surface area contributed by atoms with Crippen LogP contribution in [0.25, 0.3) is 33.4 Å². The normalized spacial score (nSPS) is 12.9. The summed E-state index contributed by atoms with van der Waals surface area (Å²) >= 11 is 6.61. The van der Waals surface area contributed by atoms with Crippen molar-refractivity contribution < 1.29 is 9.84 Å². The minimum atomic E-state index is -1.21. The number of pyridine rings is 1. The lowest BCUT2D eigenvalue weighted by Gasteiger charge is -2.26. The Hall–Kier alpha value is -3.66. The van der Waals surface area contributed by atoms with Gasteiger partial charge in [-0.05, 0) is 45.0 Å². The number of hydrogen-bond acceptors (Lipinski definition) is 6. The fourth-order valence-corrected chi connectivity index (χ4v) is 4.37. The van der Waals surface area contributed by atoms with Crippen LogP contribution in [0.5, 0.6) is 0 Å². The molecular formula is C26H28ClN7O2. The van der Waals surface area contributed by atoms with Crippen LogP contribution in [0, 0.1) is 0 Å². The van der Waals surface area contributed by atoms with Crippen molar-refractivity contribution in [3.63, 3.8) is 0 Å². The number of aryl methyl sites for hydroxylation is 2. The Morgan fingerprint density at radius 3 is 2.44 bits per heavy atom. The molecule has 2 N–H and O–H groups in total. The van der Waals surface area contributed by atoms with E-state index in [1.54, 1.807) is 32.5 Å². The second kappa shape index (κ2) is 9.09. The molecular weight excluding hydrogens is 478 g/mol. The van der Waals surface area contributed by atoms with Gasteiger partial charge in [0.25, 0.3) is 0 Å². The molecule has 0 aliphatic heterocycles.